The molecule has 1 aliphatic heterocycles. The summed E-state index contributed by atoms with van der Waals surface area (Å²) >= 11 is 1.77. The third-order valence-electron chi connectivity index (χ3n) is 4.30. The number of nitrogens with zero attached hydrogens (tertiary/aromatic N) is 4. The monoisotopic (exact) mass is 325 g/mol. The molecule has 0 radical (unpaired) electrons. The highest BCUT2D eigenvalue weighted by molar-refractivity contribution is 7.07. The van der Waals surface area contributed by atoms with E-state index in [1.165, 1.54) is 18.4 Å². The molecular weight excluding hydrogens is 306 g/mol. The lowest BCUT2D eigenvalue weighted by Crippen LogP contribution is -2.34. The quantitative estimate of drug-likeness (QED) is 0.799. The van der Waals surface area contributed by atoms with Crippen molar-refractivity contribution in [2.75, 3.05) is 13.1 Å². The lowest BCUT2D eigenvalue weighted by atomic mass is 9.97. The highest BCUT2D eigenvalue weighted by Crippen LogP contribution is 2.27. The van der Waals surface area contributed by atoms with E-state index >= 15 is 0 Å². The van der Waals surface area contributed by atoms with E-state index < -0.39 is 0 Å². The Morgan fingerprint density at radius 2 is 2.35 bits per heavy atom. The second-order valence-electron chi connectivity index (χ2n) is 5.99. The number of hydrogen-bond acceptors (Lipinski definition) is 5. The fraction of sp³-hybridized carbons (Fsp3) is 0.353. The molecule has 1 fully saturated rings. The number of piperidine rings is 1. The number of aromatic amines is 1. The number of pyridine rings is 1. The summed E-state index contributed by atoms with van der Waals surface area (Å²) in [5.74, 6) is 2.17. The standard InChI is InChI=1S/C17H19N5S/c1-3-14(9-18-6-1)16-19-17(21-20-16)15-4-2-7-22(11-15)10-13-5-8-23-12-13/h1,3,5-6,8-9,12,15H,2,4,7,10-11H2,(H,19,20,21)/t15-/m0/s1. The van der Waals surface area contributed by atoms with Crippen LogP contribution in [0.4, 0.5) is 0 Å². The highest BCUT2D eigenvalue weighted by Gasteiger charge is 2.24. The first kappa shape index (κ1) is 14.5. The Hall–Kier alpha value is -2.05. The average Bonchev–Trinajstić information content (AvgIpc) is 3.28. The molecule has 0 saturated carbocycles. The van der Waals surface area contributed by atoms with E-state index in [-0.39, 0.29) is 0 Å². The largest absolute Gasteiger partial charge is 0.298 e. The minimum atomic E-state index is 0.431. The van der Waals surface area contributed by atoms with E-state index in [4.69, 9.17) is 4.98 Å². The summed E-state index contributed by atoms with van der Waals surface area (Å²) in [5.41, 5.74) is 2.37. The molecule has 1 saturated heterocycles. The molecule has 0 unspecified atom stereocenters. The second-order valence-corrected chi connectivity index (χ2v) is 6.77. The molecule has 118 valence electrons. The second kappa shape index (κ2) is 6.60. The Kier molecular flexibility index (Phi) is 4.17. The van der Waals surface area contributed by atoms with Crippen molar-refractivity contribution in [3.63, 3.8) is 0 Å². The van der Waals surface area contributed by atoms with Crippen molar-refractivity contribution in [2.45, 2.75) is 25.3 Å². The Morgan fingerprint density at radius 1 is 1.35 bits per heavy atom. The van der Waals surface area contributed by atoms with Crippen LogP contribution in [0.25, 0.3) is 11.4 Å². The topological polar surface area (TPSA) is 57.7 Å². The number of rotatable bonds is 4. The summed E-state index contributed by atoms with van der Waals surface area (Å²) in [4.78, 5) is 11.4. The number of aromatic nitrogens is 4. The van der Waals surface area contributed by atoms with Crippen LogP contribution in [-0.2, 0) is 6.54 Å². The van der Waals surface area contributed by atoms with Gasteiger partial charge in [-0.1, -0.05) is 0 Å². The van der Waals surface area contributed by atoms with Crippen LogP contribution in [0.15, 0.2) is 41.4 Å². The zero-order valence-electron chi connectivity index (χ0n) is 12.9. The van der Waals surface area contributed by atoms with E-state index in [2.05, 4.69) is 36.9 Å². The van der Waals surface area contributed by atoms with Gasteiger partial charge in [-0.3, -0.25) is 15.0 Å². The summed E-state index contributed by atoms with van der Waals surface area (Å²) in [6.07, 6.45) is 5.94. The first-order valence-electron chi connectivity index (χ1n) is 7.94. The van der Waals surface area contributed by atoms with Gasteiger partial charge in [0.15, 0.2) is 5.82 Å². The van der Waals surface area contributed by atoms with Gasteiger partial charge in [-0.2, -0.15) is 16.4 Å². The molecule has 3 aromatic heterocycles. The van der Waals surface area contributed by atoms with Crippen LogP contribution in [-0.4, -0.2) is 38.2 Å². The number of nitrogens with one attached hydrogen (secondary N) is 1. The molecule has 6 heteroatoms. The van der Waals surface area contributed by atoms with E-state index in [0.717, 1.165) is 36.8 Å². The lowest BCUT2D eigenvalue weighted by molar-refractivity contribution is 0.197. The predicted octanol–water partition coefficient (Wildman–Crippen LogP) is 3.31. The Balaban J connectivity index is 1.46. The van der Waals surface area contributed by atoms with Crippen LogP contribution < -0.4 is 0 Å². The lowest BCUT2D eigenvalue weighted by Gasteiger charge is -2.31. The van der Waals surface area contributed by atoms with Crippen molar-refractivity contribution < 1.29 is 0 Å². The summed E-state index contributed by atoms with van der Waals surface area (Å²) in [6, 6.07) is 6.11. The molecule has 0 amide bonds. The van der Waals surface area contributed by atoms with Gasteiger partial charge in [-0.15, -0.1) is 0 Å². The third-order valence-corrected chi connectivity index (χ3v) is 5.03. The van der Waals surface area contributed by atoms with Crippen molar-refractivity contribution in [3.8, 4) is 11.4 Å². The van der Waals surface area contributed by atoms with Crippen LogP contribution in [0, 0.1) is 0 Å². The first-order chi connectivity index (χ1) is 11.4. The van der Waals surface area contributed by atoms with Gasteiger partial charge in [0.2, 0.25) is 0 Å². The molecule has 0 bridgehead atoms. The summed E-state index contributed by atoms with van der Waals surface area (Å²) in [6.45, 7) is 3.23. The smallest absolute Gasteiger partial charge is 0.182 e. The van der Waals surface area contributed by atoms with Gasteiger partial charge in [0, 0.05) is 37.0 Å². The molecule has 3 aromatic rings. The number of H-pyrrole nitrogens is 1. The predicted molar refractivity (Wildman–Crippen MR) is 91.2 cm³/mol. The maximum Gasteiger partial charge on any atom is 0.182 e. The number of likely N-dealkylation sites (tertiary alicyclic amines) is 1. The fourth-order valence-corrected chi connectivity index (χ4v) is 3.80. The summed E-state index contributed by atoms with van der Waals surface area (Å²) in [5, 5.41) is 11.9. The van der Waals surface area contributed by atoms with Crippen molar-refractivity contribution >= 4 is 11.3 Å². The fourth-order valence-electron chi connectivity index (χ4n) is 3.14. The van der Waals surface area contributed by atoms with Gasteiger partial charge in [0.1, 0.15) is 5.82 Å². The zero-order valence-corrected chi connectivity index (χ0v) is 13.7. The van der Waals surface area contributed by atoms with Crippen LogP contribution >= 0.6 is 11.3 Å². The molecule has 23 heavy (non-hydrogen) atoms. The molecular formula is C17H19N5S. The first-order valence-corrected chi connectivity index (χ1v) is 8.89. The molecule has 5 nitrogen and oxygen atoms in total. The van der Waals surface area contributed by atoms with Crippen molar-refractivity contribution in [1.82, 2.24) is 25.1 Å². The van der Waals surface area contributed by atoms with E-state index in [1.54, 1.807) is 23.7 Å². The molecule has 1 N–H and O–H groups in total. The zero-order chi connectivity index (χ0) is 15.5. The highest BCUT2D eigenvalue weighted by atomic mass is 32.1. The Bertz CT molecular complexity index is 737. The molecule has 4 rings (SSSR count). The van der Waals surface area contributed by atoms with E-state index in [1.807, 2.05) is 12.1 Å². The number of hydrogen-bond donors (Lipinski definition) is 1. The minimum absolute atomic E-state index is 0.431. The van der Waals surface area contributed by atoms with Gasteiger partial charge in [-0.25, -0.2) is 4.98 Å². The van der Waals surface area contributed by atoms with E-state index in [0.29, 0.717) is 5.92 Å². The van der Waals surface area contributed by atoms with Crippen LogP contribution in [0.5, 0.6) is 0 Å². The Labute approximate surface area is 139 Å². The van der Waals surface area contributed by atoms with Gasteiger partial charge in [0.25, 0.3) is 0 Å². The summed E-state index contributed by atoms with van der Waals surface area (Å²) in [7, 11) is 0. The molecule has 1 aliphatic rings. The molecule has 0 aliphatic carbocycles. The van der Waals surface area contributed by atoms with Crippen molar-refractivity contribution in [1.29, 1.82) is 0 Å². The molecule has 4 heterocycles. The van der Waals surface area contributed by atoms with Crippen molar-refractivity contribution in [3.05, 3.63) is 52.7 Å². The van der Waals surface area contributed by atoms with Gasteiger partial charge in [-0.05, 0) is 53.9 Å². The van der Waals surface area contributed by atoms with Gasteiger partial charge in [0.05, 0.1) is 0 Å². The molecule has 0 spiro atoms. The number of thiophene rings is 1. The minimum Gasteiger partial charge on any atom is -0.298 e. The van der Waals surface area contributed by atoms with Crippen LogP contribution in [0.3, 0.4) is 0 Å². The maximum absolute atomic E-state index is 4.70. The molecule has 1 atom stereocenters. The SMILES string of the molecule is c1cncc(-c2n[nH]c([C@H]3CCCN(Cc4ccsc4)C3)n2)c1. The van der Waals surface area contributed by atoms with E-state index in [9.17, 15) is 0 Å². The van der Waals surface area contributed by atoms with Gasteiger partial charge >= 0.3 is 0 Å². The maximum atomic E-state index is 4.70. The van der Waals surface area contributed by atoms with Crippen LogP contribution in [0.2, 0.25) is 0 Å². The normalized spacial score (nSPS) is 19.0. The van der Waals surface area contributed by atoms with Gasteiger partial charge < -0.3 is 0 Å². The third kappa shape index (κ3) is 3.33. The average molecular weight is 325 g/mol. The molecule has 0 aromatic carbocycles. The Morgan fingerprint density at radius 3 is 3.17 bits per heavy atom. The van der Waals surface area contributed by atoms with Crippen molar-refractivity contribution in [2.24, 2.45) is 0 Å². The van der Waals surface area contributed by atoms with Crippen LogP contribution in [0.1, 0.15) is 30.1 Å². The summed E-state index contributed by atoms with van der Waals surface area (Å²) < 4.78 is 0.